The van der Waals surface area contributed by atoms with Crippen LogP contribution in [0.15, 0.2) is 36.5 Å². The SMILES string of the molecule is COc1nccc(N2CCc3nc(NC(=O)Nc4ccccc4OCCC(C)C)sc3C2)n1. The van der Waals surface area contributed by atoms with E-state index in [1.807, 2.05) is 30.3 Å². The zero-order valence-electron chi connectivity index (χ0n) is 19.0. The summed E-state index contributed by atoms with van der Waals surface area (Å²) in [7, 11) is 1.55. The molecule has 10 heteroatoms. The average Bonchev–Trinajstić information content (AvgIpc) is 3.21. The third-order valence-electron chi connectivity index (χ3n) is 5.17. The highest BCUT2D eigenvalue weighted by atomic mass is 32.1. The molecule has 0 radical (unpaired) electrons. The average molecular weight is 469 g/mol. The monoisotopic (exact) mass is 468 g/mol. The summed E-state index contributed by atoms with van der Waals surface area (Å²) >= 11 is 1.47. The first-order chi connectivity index (χ1) is 16.0. The van der Waals surface area contributed by atoms with Gasteiger partial charge in [-0.25, -0.2) is 14.8 Å². The summed E-state index contributed by atoms with van der Waals surface area (Å²) in [5.74, 6) is 2.02. The van der Waals surface area contributed by atoms with Crippen molar-refractivity contribution in [3.63, 3.8) is 0 Å². The Morgan fingerprint density at radius 3 is 2.88 bits per heavy atom. The van der Waals surface area contributed by atoms with Crippen LogP contribution in [0.5, 0.6) is 11.8 Å². The lowest BCUT2D eigenvalue weighted by atomic mass is 10.1. The van der Waals surface area contributed by atoms with Crippen LogP contribution in [0, 0.1) is 5.92 Å². The highest BCUT2D eigenvalue weighted by Gasteiger charge is 2.23. The molecule has 0 aliphatic carbocycles. The number of carbonyl (C=O) groups is 1. The molecule has 2 N–H and O–H groups in total. The Morgan fingerprint density at radius 2 is 2.06 bits per heavy atom. The standard InChI is InChI=1S/C23H28N6O3S/c1-15(2)10-13-32-18-7-5-4-6-16(18)25-21(30)28-23-26-17-9-12-29(14-19(17)33-23)20-8-11-24-22(27-20)31-3/h4-8,11,15H,9-10,12-14H2,1-3H3,(H2,25,26,28,30). The number of carbonyl (C=O) groups excluding carboxylic acids is 1. The first kappa shape index (κ1) is 22.8. The maximum Gasteiger partial charge on any atom is 0.325 e. The van der Waals surface area contributed by atoms with E-state index in [1.54, 1.807) is 13.3 Å². The fraction of sp³-hybridized carbons (Fsp3) is 0.391. The molecule has 4 rings (SSSR count). The molecule has 0 saturated carbocycles. The summed E-state index contributed by atoms with van der Waals surface area (Å²) in [6.45, 7) is 6.36. The van der Waals surface area contributed by atoms with Crippen LogP contribution in [0.3, 0.4) is 0 Å². The predicted octanol–water partition coefficient (Wildman–Crippen LogP) is 4.57. The quantitative estimate of drug-likeness (QED) is 0.499. The highest BCUT2D eigenvalue weighted by molar-refractivity contribution is 7.15. The van der Waals surface area contributed by atoms with Crippen molar-refractivity contribution in [3.8, 4) is 11.8 Å². The largest absolute Gasteiger partial charge is 0.491 e. The molecular formula is C23H28N6O3S. The Morgan fingerprint density at radius 1 is 1.21 bits per heavy atom. The maximum atomic E-state index is 12.6. The molecule has 3 heterocycles. The molecule has 0 atom stereocenters. The van der Waals surface area contributed by atoms with E-state index in [1.165, 1.54) is 11.3 Å². The van der Waals surface area contributed by atoms with Gasteiger partial charge in [0.2, 0.25) is 0 Å². The van der Waals surface area contributed by atoms with Crippen molar-refractivity contribution in [2.45, 2.75) is 33.2 Å². The zero-order chi connectivity index (χ0) is 23.2. The van der Waals surface area contributed by atoms with Gasteiger partial charge in [-0.1, -0.05) is 37.3 Å². The number of nitrogens with one attached hydrogen (secondary N) is 2. The van der Waals surface area contributed by atoms with Gasteiger partial charge in [0.05, 0.1) is 31.6 Å². The predicted molar refractivity (Wildman–Crippen MR) is 129 cm³/mol. The van der Waals surface area contributed by atoms with Gasteiger partial charge in [-0.2, -0.15) is 4.98 Å². The van der Waals surface area contributed by atoms with Crippen LogP contribution in [-0.2, 0) is 13.0 Å². The summed E-state index contributed by atoms with van der Waals surface area (Å²) in [6, 6.07) is 9.29. The molecule has 1 aromatic carbocycles. The second-order valence-corrected chi connectivity index (χ2v) is 9.15. The number of hydrogen-bond donors (Lipinski definition) is 2. The number of methoxy groups -OCH3 is 1. The van der Waals surface area contributed by atoms with Gasteiger partial charge in [0, 0.05) is 24.0 Å². The van der Waals surface area contributed by atoms with Gasteiger partial charge in [0.15, 0.2) is 5.13 Å². The Kier molecular flexibility index (Phi) is 7.23. The molecule has 174 valence electrons. The van der Waals surface area contributed by atoms with Crippen LogP contribution in [0.4, 0.5) is 21.4 Å². The van der Waals surface area contributed by atoms with Gasteiger partial charge in [-0.3, -0.25) is 5.32 Å². The minimum Gasteiger partial charge on any atom is -0.491 e. The fourth-order valence-electron chi connectivity index (χ4n) is 3.40. The number of aromatic nitrogens is 3. The van der Waals surface area contributed by atoms with E-state index < -0.39 is 0 Å². The number of nitrogens with zero attached hydrogens (tertiary/aromatic N) is 4. The number of ether oxygens (including phenoxy) is 2. The van der Waals surface area contributed by atoms with E-state index in [9.17, 15) is 4.79 Å². The molecule has 3 aromatic rings. The van der Waals surface area contributed by atoms with Gasteiger partial charge in [0.25, 0.3) is 0 Å². The molecule has 9 nitrogen and oxygen atoms in total. The molecule has 0 bridgehead atoms. The third kappa shape index (κ3) is 5.89. The molecule has 0 saturated heterocycles. The van der Waals surface area contributed by atoms with E-state index in [0.717, 1.165) is 35.8 Å². The minimum atomic E-state index is -0.349. The topological polar surface area (TPSA) is 102 Å². The Hall–Kier alpha value is -3.40. The van der Waals surface area contributed by atoms with Crippen LogP contribution in [0.1, 0.15) is 30.8 Å². The molecule has 0 fully saturated rings. The number of benzene rings is 1. The first-order valence-corrected chi connectivity index (χ1v) is 11.7. The van der Waals surface area contributed by atoms with Crippen molar-refractivity contribution in [2.75, 3.05) is 35.8 Å². The van der Waals surface area contributed by atoms with Crippen molar-refractivity contribution in [3.05, 3.63) is 47.1 Å². The first-order valence-electron chi connectivity index (χ1n) is 10.9. The Labute approximate surface area is 197 Å². The van der Waals surface area contributed by atoms with Crippen LogP contribution in [0.2, 0.25) is 0 Å². The number of urea groups is 1. The number of fused-ring (bicyclic) bond motifs is 1. The van der Waals surface area contributed by atoms with Gasteiger partial charge >= 0.3 is 12.0 Å². The molecular weight excluding hydrogens is 440 g/mol. The van der Waals surface area contributed by atoms with E-state index in [0.29, 0.717) is 41.6 Å². The smallest absolute Gasteiger partial charge is 0.325 e. The van der Waals surface area contributed by atoms with Gasteiger partial charge in [-0.15, -0.1) is 0 Å². The number of para-hydroxylation sites is 2. The summed E-state index contributed by atoms with van der Waals surface area (Å²) < 4.78 is 11.0. The van der Waals surface area contributed by atoms with Crippen LogP contribution < -0.4 is 25.0 Å². The lowest BCUT2D eigenvalue weighted by Gasteiger charge is -2.26. The van der Waals surface area contributed by atoms with E-state index in [2.05, 4.69) is 44.3 Å². The molecule has 0 spiro atoms. The van der Waals surface area contributed by atoms with E-state index >= 15 is 0 Å². The van der Waals surface area contributed by atoms with Crippen molar-refractivity contribution in [1.82, 2.24) is 15.0 Å². The second-order valence-electron chi connectivity index (χ2n) is 8.07. The normalized spacial score (nSPS) is 12.9. The van der Waals surface area contributed by atoms with Crippen molar-refractivity contribution >= 4 is 34.0 Å². The zero-order valence-corrected chi connectivity index (χ0v) is 19.8. The highest BCUT2D eigenvalue weighted by Crippen LogP contribution is 2.31. The van der Waals surface area contributed by atoms with Crippen molar-refractivity contribution in [2.24, 2.45) is 5.92 Å². The van der Waals surface area contributed by atoms with E-state index in [4.69, 9.17) is 9.47 Å². The van der Waals surface area contributed by atoms with Crippen LogP contribution in [-0.4, -0.2) is 41.2 Å². The summed E-state index contributed by atoms with van der Waals surface area (Å²) in [6.07, 6.45) is 3.41. The number of thiazole rings is 1. The van der Waals surface area contributed by atoms with E-state index in [-0.39, 0.29) is 6.03 Å². The maximum absolute atomic E-state index is 12.6. The fourth-order valence-corrected chi connectivity index (χ4v) is 4.42. The number of hydrogen-bond acceptors (Lipinski definition) is 8. The Bertz CT molecular complexity index is 1100. The molecule has 2 aromatic heterocycles. The molecule has 2 amide bonds. The van der Waals surface area contributed by atoms with Crippen molar-refractivity contribution in [1.29, 1.82) is 0 Å². The number of rotatable bonds is 8. The van der Waals surface area contributed by atoms with Crippen molar-refractivity contribution < 1.29 is 14.3 Å². The molecule has 0 unspecified atom stereocenters. The summed E-state index contributed by atoms with van der Waals surface area (Å²) in [4.78, 5) is 29.0. The lowest BCUT2D eigenvalue weighted by molar-refractivity contribution is 0.261. The summed E-state index contributed by atoms with van der Waals surface area (Å²) in [5.41, 5.74) is 1.63. The molecule has 1 aliphatic rings. The number of anilines is 3. The Balaban J connectivity index is 1.38. The molecule has 33 heavy (non-hydrogen) atoms. The van der Waals surface area contributed by atoms with Gasteiger partial charge in [0.1, 0.15) is 11.6 Å². The summed E-state index contributed by atoms with van der Waals surface area (Å²) in [5, 5.41) is 6.30. The minimum absolute atomic E-state index is 0.343. The van der Waals surface area contributed by atoms with Gasteiger partial charge < -0.3 is 19.7 Å². The third-order valence-corrected chi connectivity index (χ3v) is 6.16. The van der Waals surface area contributed by atoms with Crippen LogP contribution in [0.25, 0.3) is 0 Å². The molecule has 1 aliphatic heterocycles. The lowest BCUT2D eigenvalue weighted by Crippen LogP contribution is -2.30. The van der Waals surface area contributed by atoms with Gasteiger partial charge in [-0.05, 0) is 30.5 Å². The van der Waals surface area contributed by atoms with Crippen LogP contribution >= 0.6 is 11.3 Å². The number of amides is 2. The second kappa shape index (κ2) is 10.5.